The van der Waals surface area contributed by atoms with Gasteiger partial charge < -0.3 is 4.74 Å². The smallest absolute Gasteiger partial charge is 0.265 e. The molecule has 0 bridgehead atoms. The summed E-state index contributed by atoms with van der Waals surface area (Å²) in [6, 6.07) is 11.1. The molecule has 1 N–H and O–H groups in total. The molecule has 0 unspecified atom stereocenters. The van der Waals surface area contributed by atoms with Crippen molar-refractivity contribution in [2.75, 3.05) is 17.6 Å². The maximum Gasteiger partial charge on any atom is 0.265 e. The number of thioether (sulfide) groups is 1. The SMILES string of the molecule is CCSc1ccccc1NS(=O)(=O)c1cc2c(cc1OC)CCCC2. The minimum atomic E-state index is -3.72. The van der Waals surface area contributed by atoms with Crippen molar-refractivity contribution in [2.24, 2.45) is 0 Å². The van der Waals surface area contributed by atoms with E-state index in [9.17, 15) is 8.42 Å². The van der Waals surface area contributed by atoms with Gasteiger partial charge in [0.2, 0.25) is 0 Å². The lowest BCUT2D eigenvalue weighted by molar-refractivity contribution is 0.401. The second kappa shape index (κ2) is 7.70. The number of hydrogen-bond acceptors (Lipinski definition) is 4. The summed E-state index contributed by atoms with van der Waals surface area (Å²) in [6.45, 7) is 2.04. The van der Waals surface area contributed by atoms with Gasteiger partial charge in [-0.15, -0.1) is 11.8 Å². The molecule has 2 aromatic rings. The fourth-order valence-corrected chi connectivity index (χ4v) is 5.25. The van der Waals surface area contributed by atoms with Crippen molar-refractivity contribution in [1.29, 1.82) is 0 Å². The predicted octanol–water partition coefficient (Wildman–Crippen LogP) is 4.49. The Kier molecular flexibility index (Phi) is 5.59. The highest BCUT2D eigenvalue weighted by Gasteiger charge is 2.24. The second-order valence-electron chi connectivity index (χ2n) is 6.01. The number of sulfonamides is 1. The van der Waals surface area contributed by atoms with Crippen molar-refractivity contribution >= 4 is 27.5 Å². The van der Waals surface area contributed by atoms with Crippen molar-refractivity contribution in [1.82, 2.24) is 0 Å². The Morgan fingerprint density at radius 2 is 1.80 bits per heavy atom. The molecule has 0 aliphatic heterocycles. The van der Waals surface area contributed by atoms with Crippen LogP contribution in [-0.4, -0.2) is 21.3 Å². The standard InChI is InChI=1S/C19H23NO3S2/c1-3-24-18-11-7-6-10-16(18)20-25(21,22)19-13-15-9-5-4-8-14(15)12-17(19)23-2/h6-7,10-13,20H,3-5,8-9H2,1-2H3. The second-order valence-corrected chi connectivity index (χ2v) is 8.97. The highest BCUT2D eigenvalue weighted by Crippen LogP contribution is 2.34. The number of para-hydroxylation sites is 1. The van der Waals surface area contributed by atoms with Crippen molar-refractivity contribution in [2.45, 2.75) is 42.4 Å². The molecule has 6 heteroatoms. The average Bonchev–Trinajstić information content (AvgIpc) is 2.62. The molecule has 0 saturated heterocycles. The first kappa shape index (κ1) is 18.1. The third-order valence-electron chi connectivity index (χ3n) is 4.35. The largest absolute Gasteiger partial charge is 0.495 e. The van der Waals surface area contributed by atoms with E-state index in [1.165, 1.54) is 12.7 Å². The lowest BCUT2D eigenvalue weighted by Gasteiger charge is -2.20. The van der Waals surface area contributed by atoms with Crippen LogP contribution in [-0.2, 0) is 22.9 Å². The van der Waals surface area contributed by atoms with Crippen LogP contribution >= 0.6 is 11.8 Å². The molecule has 1 aliphatic rings. The van der Waals surface area contributed by atoms with Gasteiger partial charge in [0, 0.05) is 4.90 Å². The van der Waals surface area contributed by atoms with Gasteiger partial charge in [0.25, 0.3) is 10.0 Å². The molecule has 0 heterocycles. The van der Waals surface area contributed by atoms with E-state index in [0.717, 1.165) is 41.9 Å². The van der Waals surface area contributed by atoms with Crippen LogP contribution in [0.25, 0.3) is 0 Å². The van der Waals surface area contributed by atoms with Crippen LogP contribution in [0.15, 0.2) is 46.2 Å². The summed E-state index contributed by atoms with van der Waals surface area (Å²) in [6.07, 6.45) is 4.14. The zero-order valence-corrected chi connectivity index (χ0v) is 16.2. The first-order valence-electron chi connectivity index (χ1n) is 8.49. The van der Waals surface area contributed by atoms with Crippen molar-refractivity contribution in [3.8, 4) is 5.75 Å². The zero-order valence-electron chi connectivity index (χ0n) is 14.5. The number of methoxy groups -OCH3 is 1. The fraction of sp³-hybridized carbons (Fsp3) is 0.368. The first-order chi connectivity index (χ1) is 12.0. The number of nitrogens with one attached hydrogen (secondary N) is 1. The Labute approximate surface area is 154 Å². The third kappa shape index (κ3) is 3.96. The molecule has 0 saturated carbocycles. The maximum atomic E-state index is 13.0. The molecule has 134 valence electrons. The van der Waals surface area contributed by atoms with E-state index in [0.29, 0.717) is 11.4 Å². The summed E-state index contributed by atoms with van der Waals surface area (Å²) in [5.41, 5.74) is 2.92. The van der Waals surface area contributed by atoms with E-state index < -0.39 is 10.0 Å². The van der Waals surface area contributed by atoms with Gasteiger partial charge in [0.1, 0.15) is 10.6 Å². The van der Waals surface area contributed by atoms with E-state index in [2.05, 4.69) is 4.72 Å². The van der Waals surface area contributed by atoms with Gasteiger partial charge in [-0.05, 0) is 66.8 Å². The van der Waals surface area contributed by atoms with Gasteiger partial charge in [-0.25, -0.2) is 8.42 Å². The topological polar surface area (TPSA) is 55.4 Å². The maximum absolute atomic E-state index is 13.0. The summed E-state index contributed by atoms with van der Waals surface area (Å²) in [4.78, 5) is 1.14. The normalized spacial score (nSPS) is 14.0. The van der Waals surface area contributed by atoms with Gasteiger partial charge in [0.05, 0.1) is 12.8 Å². The monoisotopic (exact) mass is 377 g/mol. The molecule has 4 nitrogen and oxygen atoms in total. The van der Waals surface area contributed by atoms with Crippen molar-refractivity contribution < 1.29 is 13.2 Å². The summed E-state index contributed by atoms with van der Waals surface area (Å²) >= 11 is 1.61. The summed E-state index contributed by atoms with van der Waals surface area (Å²) in [5.74, 6) is 1.29. The van der Waals surface area contributed by atoms with Gasteiger partial charge in [0.15, 0.2) is 0 Å². The number of fused-ring (bicyclic) bond motifs is 1. The molecule has 0 fully saturated rings. The number of benzene rings is 2. The molecular weight excluding hydrogens is 354 g/mol. The van der Waals surface area contributed by atoms with Gasteiger partial charge in [-0.3, -0.25) is 4.72 Å². The van der Waals surface area contributed by atoms with E-state index >= 15 is 0 Å². The number of anilines is 1. The highest BCUT2D eigenvalue weighted by molar-refractivity contribution is 7.99. The minimum Gasteiger partial charge on any atom is -0.495 e. The summed E-state index contributed by atoms with van der Waals surface area (Å²) in [7, 11) is -2.20. The average molecular weight is 378 g/mol. The molecule has 0 amide bonds. The van der Waals surface area contributed by atoms with Crippen LogP contribution in [0, 0.1) is 0 Å². The molecule has 0 atom stereocenters. The summed E-state index contributed by atoms with van der Waals surface area (Å²) < 4.78 is 34.2. The lowest BCUT2D eigenvalue weighted by atomic mass is 9.92. The van der Waals surface area contributed by atoms with Crippen LogP contribution in [0.5, 0.6) is 5.75 Å². The van der Waals surface area contributed by atoms with Crippen molar-refractivity contribution in [3.05, 3.63) is 47.5 Å². The Balaban J connectivity index is 2.00. The van der Waals surface area contributed by atoms with Crippen LogP contribution in [0.3, 0.4) is 0 Å². The van der Waals surface area contributed by atoms with Crippen LogP contribution in [0.1, 0.15) is 30.9 Å². The number of aryl methyl sites for hydroxylation is 2. The van der Waals surface area contributed by atoms with Gasteiger partial charge in [-0.2, -0.15) is 0 Å². The van der Waals surface area contributed by atoms with E-state index in [-0.39, 0.29) is 4.90 Å². The van der Waals surface area contributed by atoms with Crippen molar-refractivity contribution in [3.63, 3.8) is 0 Å². The molecule has 0 aromatic heterocycles. The van der Waals surface area contributed by atoms with Crippen LogP contribution in [0.4, 0.5) is 5.69 Å². The Bertz CT molecular complexity index is 863. The molecule has 3 rings (SSSR count). The zero-order chi connectivity index (χ0) is 17.9. The molecule has 0 radical (unpaired) electrons. The first-order valence-corrected chi connectivity index (χ1v) is 11.0. The van der Waals surface area contributed by atoms with E-state index in [1.54, 1.807) is 23.9 Å². The van der Waals surface area contributed by atoms with E-state index in [4.69, 9.17) is 4.74 Å². The molecule has 2 aromatic carbocycles. The van der Waals surface area contributed by atoms with Gasteiger partial charge in [-0.1, -0.05) is 19.1 Å². The Morgan fingerprint density at radius 1 is 1.12 bits per heavy atom. The number of ether oxygens (including phenoxy) is 1. The predicted molar refractivity (Wildman–Crippen MR) is 103 cm³/mol. The van der Waals surface area contributed by atoms with E-state index in [1.807, 2.05) is 31.2 Å². The summed E-state index contributed by atoms with van der Waals surface area (Å²) in [5, 5.41) is 0. The lowest BCUT2D eigenvalue weighted by Crippen LogP contribution is -2.16. The molecule has 1 aliphatic carbocycles. The van der Waals surface area contributed by atoms with Crippen LogP contribution in [0.2, 0.25) is 0 Å². The molecule has 0 spiro atoms. The number of hydrogen-bond donors (Lipinski definition) is 1. The Hall–Kier alpha value is -1.66. The number of rotatable bonds is 6. The molecular formula is C19H23NO3S2. The fourth-order valence-electron chi connectivity index (χ4n) is 3.14. The van der Waals surface area contributed by atoms with Gasteiger partial charge >= 0.3 is 0 Å². The highest BCUT2D eigenvalue weighted by atomic mass is 32.2. The minimum absolute atomic E-state index is 0.215. The Morgan fingerprint density at radius 3 is 2.48 bits per heavy atom. The van der Waals surface area contributed by atoms with Crippen LogP contribution < -0.4 is 9.46 Å². The molecule has 25 heavy (non-hydrogen) atoms. The quantitative estimate of drug-likeness (QED) is 0.754. The third-order valence-corrected chi connectivity index (χ3v) is 6.69.